The molecule has 1 aromatic rings. The van der Waals surface area contributed by atoms with Gasteiger partial charge in [0.15, 0.2) is 11.5 Å². The highest BCUT2D eigenvalue weighted by molar-refractivity contribution is 5.82. The third kappa shape index (κ3) is 2.63. The molecular weight excluding hydrogens is 212 g/mol. The zero-order valence-corrected chi connectivity index (χ0v) is 8.94. The number of esters is 2. The molecule has 0 heterocycles. The first-order valence-corrected chi connectivity index (χ1v) is 4.46. The lowest BCUT2D eigenvalue weighted by Gasteiger charge is -2.12. The highest BCUT2D eigenvalue weighted by atomic mass is 16.6. The van der Waals surface area contributed by atoms with Crippen LogP contribution in [-0.4, -0.2) is 11.9 Å². The molecule has 1 rings (SSSR count). The van der Waals surface area contributed by atoms with Gasteiger partial charge in [0, 0.05) is 13.8 Å². The second-order valence-corrected chi connectivity index (χ2v) is 3.08. The molecule has 0 atom stereocenters. The Morgan fingerprint density at radius 1 is 1.06 bits per heavy atom. The highest BCUT2D eigenvalue weighted by Gasteiger charge is 2.15. The summed E-state index contributed by atoms with van der Waals surface area (Å²) in [5.41, 5.74) is 11.5. The molecule has 86 valence electrons. The monoisotopic (exact) mass is 224 g/mol. The van der Waals surface area contributed by atoms with Crippen molar-refractivity contribution in [2.24, 2.45) is 0 Å². The summed E-state index contributed by atoms with van der Waals surface area (Å²) < 4.78 is 9.67. The molecule has 0 bridgehead atoms. The zero-order valence-electron chi connectivity index (χ0n) is 8.94. The number of hydrogen-bond acceptors (Lipinski definition) is 6. The van der Waals surface area contributed by atoms with Crippen molar-refractivity contribution in [2.75, 3.05) is 11.5 Å². The maximum absolute atomic E-state index is 10.9. The topological polar surface area (TPSA) is 105 Å². The molecule has 0 saturated carbocycles. The number of carbonyl (C=O) groups excluding carboxylic acids is 2. The summed E-state index contributed by atoms with van der Waals surface area (Å²) in [6.45, 7) is 2.43. The first-order chi connectivity index (χ1) is 7.41. The summed E-state index contributed by atoms with van der Waals surface area (Å²) >= 11 is 0. The average Bonchev–Trinajstić information content (AvgIpc) is 2.16. The van der Waals surface area contributed by atoms with E-state index in [1.165, 1.54) is 26.0 Å². The van der Waals surface area contributed by atoms with Gasteiger partial charge < -0.3 is 20.9 Å². The van der Waals surface area contributed by atoms with Crippen LogP contribution in [-0.2, 0) is 9.59 Å². The molecule has 4 N–H and O–H groups in total. The largest absolute Gasteiger partial charge is 0.423 e. The molecule has 0 amide bonds. The van der Waals surface area contributed by atoms with Crippen molar-refractivity contribution in [1.29, 1.82) is 0 Å². The Kier molecular flexibility index (Phi) is 3.34. The Labute approximate surface area is 92.1 Å². The molecule has 0 radical (unpaired) electrons. The fraction of sp³-hybridized carbons (Fsp3) is 0.200. The lowest BCUT2D eigenvalue weighted by molar-refractivity contribution is -0.134. The lowest BCUT2D eigenvalue weighted by Crippen LogP contribution is -2.10. The van der Waals surface area contributed by atoms with Gasteiger partial charge in [-0.1, -0.05) is 0 Å². The van der Waals surface area contributed by atoms with Crippen molar-refractivity contribution < 1.29 is 19.1 Å². The minimum atomic E-state index is -0.578. The van der Waals surface area contributed by atoms with Crippen LogP contribution in [0.4, 0.5) is 11.4 Å². The summed E-state index contributed by atoms with van der Waals surface area (Å²) in [6.07, 6.45) is 0. The molecular formula is C10H12N2O4. The minimum Gasteiger partial charge on any atom is -0.423 e. The molecule has 0 saturated heterocycles. The van der Waals surface area contributed by atoms with Crippen LogP contribution in [0.1, 0.15) is 13.8 Å². The van der Waals surface area contributed by atoms with Crippen molar-refractivity contribution in [3.8, 4) is 11.5 Å². The van der Waals surface area contributed by atoms with Crippen LogP contribution >= 0.6 is 0 Å². The molecule has 0 spiro atoms. The zero-order chi connectivity index (χ0) is 12.3. The molecule has 0 aliphatic rings. The number of carbonyl (C=O) groups is 2. The van der Waals surface area contributed by atoms with E-state index < -0.39 is 11.9 Å². The summed E-state index contributed by atoms with van der Waals surface area (Å²) in [5.74, 6) is -1.10. The molecule has 1 aromatic carbocycles. The molecule has 6 heteroatoms. The normalized spacial score (nSPS) is 9.62. The van der Waals surface area contributed by atoms with E-state index in [0.29, 0.717) is 0 Å². The van der Waals surface area contributed by atoms with Gasteiger partial charge in [-0.25, -0.2) is 0 Å². The van der Waals surface area contributed by atoms with Gasteiger partial charge in [-0.2, -0.15) is 0 Å². The van der Waals surface area contributed by atoms with Gasteiger partial charge in [-0.3, -0.25) is 9.59 Å². The molecule has 0 aliphatic heterocycles. The van der Waals surface area contributed by atoms with Crippen molar-refractivity contribution in [2.45, 2.75) is 13.8 Å². The smallest absolute Gasteiger partial charge is 0.308 e. The van der Waals surface area contributed by atoms with Gasteiger partial charge in [-0.15, -0.1) is 0 Å². The Morgan fingerprint density at radius 3 is 2.12 bits per heavy atom. The third-order valence-corrected chi connectivity index (χ3v) is 1.69. The van der Waals surface area contributed by atoms with E-state index in [4.69, 9.17) is 20.9 Å². The Bertz CT molecular complexity index is 443. The van der Waals surface area contributed by atoms with Gasteiger partial charge >= 0.3 is 11.9 Å². The summed E-state index contributed by atoms with van der Waals surface area (Å²) in [5, 5.41) is 0. The molecule has 0 aliphatic carbocycles. The predicted octanol–water partition coefficient (Wildman–Crippen LogP) is 0.702. The van der Waals surface area contributed by atoms with Crippen LogP contribution in [0.2, 0.25) is 0 Å². The fourth-order valence-electron chi connectivity index (χ4n) is 1.08. The molecule has 0 fully saturated rings. The third-order valence-electron chi connectivity index (χ3n) is 1.69. The first kappa shape index (κ1) is 11.8. The summed E-state index contributed by atoms with van der Waals surface area (Å²) in [7, 11) is 0. The van der Waals surface area contributed by atoms with E-state index in [2.05, 4.69) is 0 Å². The van der Waals surface area contributed by atoms with Crippen molar-refractivity contribution in [1.82, 2.24) is 0 Å². The maximum Gasteiger partial charge on any atom is 0.308 e. The van der Waals surface area contributed by atoms with Gasteiger partial charge in [0.2, 0.25) is 0 Å². The van der Waals surface area contributed by atoms with E-state index >= 15 is 0 Å². The van der Waals surface area contributed by atoms with Crippen LogP contribution in [0, 0.1) is 0 Å². The first-order valence-electron chi connectivity index (χ1n) is 4.46. The number of rotatable bonds is 2. The maximum atomic E-state index is 10.9. The van der Waals surface area contributed by atoms with E-state index in [1.807, 2.05) is 0 Å². The highest BCUT2D eigenvalue weighted by Crippen LogP contribution is 2.37. The van der Waals surface area contributed by atoms with Crippen LogP contribution in [0.15, 0.2) is 12.1 Å². The Hall–Kier alpha value is -2.24. The standard InChI is InChI=1S/C10H12N2O4/c1-5(13)15-8-4-3-7(11)9(12)10(8)16-6(2)14/h3-4H,11-12H2,1-2H3. The van der Waals surface area contributed by atoms with E-state index in [9.17, 15) is 9.59 Å². The number of ether oxygens (including phenoxy) is 2. The minimum absolute atomic E-state index is 0.0392. The van der Waals surface area contributed by atoms with Crippen molar-refractivity contribution in [3.63, 3.8) is 0 Å². The Morgan fingerprint density at radius 2 is 1.62 bits per heavy atom. The number of anilines is 2. The number of hydrogen-bond donors (Lipinski definition) is 2. The summed E-state index contributed by atoms with van der Waals surface area (Å²) in [6, 6.07) is 2.87. The molecule has 0 aromatic heterocycles. The fourth-order valence-corrected chi connectivity index (χ4v) is 1.08. The number of benzene rings is 1. The predicted molar refractivity (Wildman–Crippen MR) is 57.9 cm³/mol. The van der Waals surface area contributed by atoms with Gasteiger partial charge in [0.1, 0.15) is 5.69 Å². The van der Waals surface area contributed by atoms with Crippen LogP contribution in [0.3, 0.4) is 0 Å². The van der Waals surface area contributed by atoms with Crippen LogP contribution < -0.4 is 20.9 Å². The van der Waals surface area contributed by atoms with Crippen molar-refractivity contribution in [3.05, 3.63) is 12.1 Å². The average molecular weight is 224 g/mol. The molecule has 0 unspecified atom stereocenters. The molecule has 6 nitrogen and oxygen atoms in total. The summed E-state index contributed by atoms with van der Waals surface area (Å²) in [4.78, 5) is 21.7. The second-order valence-electron chi connectivity index (χ2n) is 3.08. The van der Waals surface area contributed by atoms with Gasteiger partial charge in [0.25, 0.3) is 0 Å². The second kappa shape index (κ2) is 4.52. The SMILES string of the molecule is CC(=O)Oc1ccc(N)c(N)c1OC(C)=O. The van der Waals surface area contributed by atoms with Crippen LogP contribution in [0.5, 0.6) is 11.5 Å². The quantitative estimate of drug-likeness (QED) is 0.435. The van der Waals surface area contributed by atoms with E-state index in [-0.39, 0.29) is 22.9 Å². The van der Waals surface area contributed by atoms with Gasteiger partial charge in [-0.05, 0) is 12.1 Å². The number of nitrogens with two attached hydrogens (primary N) is 2. The lowest BCUT2D eigenvalue weighted by atomic mass is 10.2. The van der Waals surface area contributed by atoms with Crippen molar-refractivity contribution >= 4 is 23.3 Å². The number of nitrogen functional groups attached to an aromatic ring is 2. The van der Waals surface area contributed by atoms with Gasteiger partial charge in [0.05, 0.1) is 5.69 Å². The Balaban J connectivity index is 3.20. The van der Waals surface area contributed by atoms with E-state index in [0.717, 1.165) is 0 Å². The van der Waals surface area contributed by atoms with Crippen LogP contribution in [0.25, 0.3) is 0 Å². The molecule has 16 heavy (non-hydrogen) atoms. The van der Waals surface area contributed by atoms with E-state index in [1.54, 1.807) is 0 Å².